The molecule has 1 aliphatic heterocycles. The van der Waals surface area contributed by atoms with Crippen LogP contribution in [0, 0.1) is 5.92 Å². The van der Waals surface area contributed by atoms with Crippen LogP contribution in [-0.2, 0) is 14.8 Å². The Morgan fingerprint density at radius 3 is 2.66 bits per heavy atom. The van der Waals surface area contributed by atoms with E-state index in [1.54, 1.807) is 12.3 Å². The zero-order valence-corrected chi connectivity index (χ0v) is 20.3. The average Bonchev–Trinajstić information content (AvgIpc) is 3.34. The van der Waals surface area contributed by atoms with Crippen LogP contribution in [0.1, 0.15) is 19.3 Å². The number of halogens is 1. The molecule has 1 saturated heterocycles. The molecule has 0 spiro atoms. The van der Waals surface area contributed by atoms with Crippen LogP contribution in [0.2, 0.25) is 5.02 Å². The molecule has 4 aromatic rings. The number of aromatic amines is 2. The molecule has 0 bridgehead atoms. The lowest BCUT2D eigenvalue weighted by molar-refractivity contribution is 0.0656. The normalized spacial score (nSPS) is 14.9. The highest BCUT2D eigenvalue weighted by atomic mass is 35.5. The number of anilines is 1. The van der Waals surface area contributed by atoms with E-state index in [4.69, 9.17) is 16.3 Å². The minimum Gasteiger partial charge on any atom is -0.381 e. The molecule has 3 N–H and O–H groups in total. The first-order valence-electron chi connectivity index (χ1n) is 11.3. The van der Waals surface area contributed by atoms with Gasteiger partial charge in [-0.1, -0.05) is 41.9 Å². The van der Waals surface area contributed by atoms with E-state index < -0.39 is 15.6 Å². The molecule has 1 fully saturated rings. The van der Waals surface area contributed by atoms with Crippen molar-refractivity contribution in [2.24, 2.45) is 5.92 Å². The van der Waals surface area contributed by atoms with Crippen molar-refractivity contribution in [2.75, 3.05) is 23.7 Å². The lowest BCUT2D eigenvalue weighted by Gasteiger charge is -2.21. The summed E-state index contributed by atoms with van der Waals surface area (Å²) in [6.07, 6.45) is 3.82. The molecule has 3 heterocycles. The summed E-state index contributed by atoms with van der Waals surface area (Å²) in [5.41, 5.74) is 2.23. The van der Waals surface area contributed by atoms with Crippen molar-refractivity contribution in [3.63, 3.8) is 0 Å². The smallest absolute Gasteiger partial charge is 0.292 e. The molecule has 0 amide bonds. The molecule has 0 saturated carbocycles. The predicted octanol–water partition coefficient (Wildman–Crippen LogP) is 4.19. The number of sulfonamides is 1. The van der Waals surface area contributed by atoms with Gasteiger partial charge in [0, 0.05) is 29.7 Å². The van der Waals surface area contributed by atoms with E-state index in [0.717, 1.165) is 18.2 Å². The Bertz CT molecular complexity index is 1510. The van der Waals surface area contributed by atoms with Gasteiger partial charge in [-0.25, -0.2) is 13.4 Å². The van der Waals surface area contributed by atoms with Crippen LogP contribution in [0.3, 0.4) is 0 Å². The fourth-order valence-electron chi connectivity index (χ4n) is 4.25. The van der Waals surface area contributed by atoms with Gasteiger partial charge in [0.05, 0.1) is 33.9 Å². The first kappa shape index (κ1) is 23.5. The zero-order chi connectivity index (χ0) is 24.4. The monoisotopic (exact) mass is 513 g/mol. The Morgan fingerprint density at radius 1 is 1.11 bits per heavy atom. The maximum atomic E-state index is 13.0. The maximum Gasteiger partial charge on any atom is 0.292 e. The fourth-order valence-corrected chi connectivity index (χ4v) is 5.69. The minimum atomic E-state index is -3.77. The first-order chi connectivity index (χ1) is 16.9. The van der Waals surface area contributed by atoms with Gasteiger partial charge in [-0.2, -0.15) is 5.10 Å². The molecule has 9 nitrogen and oxygen atoms in total. The highest BCUT2D eigenvalue weighted by molar-refractivity contribution is 7.92. The van der Waals surface area contributed by atoms with Gasteiger partial charge < -0.3 is 9.72 Å². The van der Waals surface area contributed by atoms with Gasteiger partial charge >= 0.3 is 0 Å². The van der Waals surface area contributed by atoms with Crippen molar-refractivity contribution in [2.45, 2.75) is 19.3 Å². The lowest BCUT2D eigenvalue weighted by atomic mass is 9.98. The number of nitrogens with one attached hydrogen (secondary N) is 3. The van der Waals surface area contributed by atoms with Crippen LogP contribution in [0.15, 0.2) is 53.5 Å². The van der Waals surface area contributed by atoms with Crippen molar-refractivity contribution < 1.29 is 13.2 Å². The number of aromatic nitrogens is 4. The van der Waals surface area contributed by atoms with Crippen LogP contribution < -0.4 is 10.3 Å². The summed E-state index contributed by atoms with van der Waals surface area (Å²) < 4.78 is 33.3. The standard InChI is InChI=1S/C24H24ClN5O4S/c25-19-13-17(12-18-14-26-29-20(18)19)22-21(16-4-2-1-3-5-16)27-23(24(31)28-22)30-35(32,33)11-8-15-6-9-34-10-7-15/h1-5,12-15H,6-11H2,(H,26,29)(H,27,30)(H,28,31). The molecule has 0 atom stereocenters. The number of benzene rings is 2. The summed E-state index contributed by atoms with van der Waals surface area (Å²) in [7, 11) is -3.77. The van der Waals surface area contributed by atoms with Gasteiger partial charge in [0.1, 0.15) is 0 Å². The summed E-state index contributed by atoms with van der Waals surface area (Å²) in [5.74, 6) is -0.0694. The molecule has 2 aromatic heterocycles. The molecule has 0 unspecified atom stereocenters. The number of H-pyrrole nitrogens is 2. The van der Waals surface area contributed by atoms with Gasteiger partial charge in [0.2, 0.25) is 15.8 Å². The average molecular weight is 514 g/mol. The number of hydrogen-bond acceptors (Lipinski definition) is 6. The van der Waals surface area contributed by atoms with Crippen molar-refractivity contribution in [3.8, 4) is 22.5 Å². The van der Waals surface area contributed by atoms with Crippen molar-refractivity contribution in [3.05, 3.63) is 64.0 Å². The Morgan fingerprint density at radius 2 is 1.89 bits per heavy atom. The molecule has 35 heavy (non-hydrogen) atoms. The lowest BCUT2D eigenvalue weighted by Crippen LogP contribution is -2.26. The molecule has 11 heteroatoms. The Balaban J connectivity index is 1.52. The SMILES string of the molecule is O=c1[nH]c(-c2cc(Cl)c3[nH]ncc3c2)c(-c2ccccc2)nc1NS(=O)(=O)CCC1CCOCC1. The van der Waals surface area contributed by atoms with Crippen LogP contribution in [0.5, 0.6) is 0 Å². The summed E-state index contributed by atoms with van der Waals surface area (Å²) in [6, 6.07) is 12.8. The van der Waals surface area contributed by atoms with E-state index in [2.05, 4.69) is 24.9 Å². The minimum absolute atomic E-state index is 0.0893. The quantitative estimate of drug-likeness (QED) is 0.339. The highest BCUT2D eigenvalue weighted by Crippen LogP contribution is 2.33. The number of fused-ring (bicyclic) bond motifs is 1. The van der Waals surface area contributed by atoms with Gasteiger partial charge in [0.25, 0.3) is 5.56 Å². The Labute approximate surface area is 207 Å². The van der Waals surface area contributed by atoms with Crippen molar-refractivity contribution in [1.82, 2.24) is 20.2 Å². The van der Waals surface area contributed by atoms with E-state index in [1.165, 1.54) is 0 Å². The number of nitrogens with zero attached hydrogens (tertiary/aromatic N) is 2. The molecular formula is C24H24ClN5O4S. The molecule has 0 aliphatic carbocycles. The molecular weight excluding hydrogens is 490 g/mol. The molecule has 0 radical (unpaired) electrons. The van der Waals surface area contributed by atoms with Gasteiger partial charge in [-0.05, 0) is 37.3 Å². The first-order valence-corrected chi connectivity index (χ1v) is 13.3. The van der Waals surface area contributed by atoms with Crippen LogP contribution in [0.25, 0.3) is 33.4 Å². The molecule has 1 aliphatic rings. The van der Waals surface area contributed by atoms with E-state index in [0.29, 0.717) is 52.7 Å². The third-order valence-corrected chi connectivity index (χ3v) is 7.71. The van der Waals surface area contributed by atoms with Gasteiger partial charge in [-0.3, -0.25) is 14.6 Å². The highest BCUT2D eigenvalue weighted by Gasteiger charge is 2.22. The second-order valence-electron chi connectivity index (χ2n) is 8.56. The number of hydrogen-bond donors (Lipinski definition) is 3. The van der Waals surface area contributed by atoms with Crippen molar-refractivity contribution >= 4 is 38.3 Å². The van der Waals surface area contributed by atoms with Gasteiger partial charge in [-0.15, -0.1) is 0 Å². The third-order valence-electron chi connectivity index (χ3n) is 6.14. The number of rotatable bonds is 7. The second kappa shape index (κ2) is 9.80. The van der Waals surface area contributed by atoms with Crippen molar-refractivity contribution in [1.29, 1.82) is 0 Å². The zero-order valence-electron chi connectivity index (χ0n) is 18.8. The largest absolute Gasteiger partial charge is 0.381 e. The Hall–Kier alpha value is -3.21. The van der Waals surface area contributed by atoms with E-state index in [1.807, 2.05) is 36.4 Å². The fraction of sp³-hybridized carbons (Fsp3) is 0.292. The van der Waals surface area contributed by atoms with Crippen LogP contribution in [0.4, 0.5) is 5.82 Å². The second-order valence-corrected chi connectivity index (χ2v) is 10.8. The summed E-state index contributed by atoms with van der Waals surface area (Å²) in [5, 5.41) is 8.07. The summed E-state index contributed by atoms with van der Waals surface area (Å²) >= 11 is 6.43. The maximum absolute atomic E-state index is 13.0. The third kappa shape index (κ3) is 5.24. The van der Waals surface area contributed by atoms with E-state index >= 15 is 0 Å². The Kier molecular flexibility index (Phi) is 6.59. The van der Waals surface area contributed by atoms with Crippen LogP contribution in [-0.4, -0.2) is 47.5 Å². The van der Waals surface area contributed by atoms with E-state index in [9.17, 15) is 13.2 Å². The molecule has 2 aromatic carbocycles. The van der Waals surface area contributed by atoms with Gasteiger partial charge in [0.15, 0.2) is 0 Å². The predicted molar refractivity (Wildman–Crippen MR) is 136 cm³/mol. The van der Waals surface area contributed by atoms with Crippen LogP contribution >= 0.6 is 11.6 Å². The number of ether oxygens (including phenoxy) is 1. The molecule has 5 rings (SSSR count). The molecule has 182 valence electrons. The van der Waals surface area contributed by atoms with E-state index in [-0.39, 0.29) is 17.5 Å². The summed E-state index contributed by atoms with van der Waals surface area (Å²) in [6.45, 7) is 1.30. The topological polar surface area (TPSA) is 130 Å². The summed E-state index contributed by atoms with van der Waals surface area (Å²) in [4.78, 5) is 20.3.